The van der Waals surface area contributed by atoms with Gasteiger partial charge in [0.15, 0.2) is 13.5 Å². The van der Waals surface area contributed by atoms with E-state index in [4.69, 9.17) is 9.47 Å². The third-order valence-electron chi connectivity index (χ3n) is 4.84. The van der Waals surface area contributed by atoms with Crippen LogP contribution < -0.4 is 9.13 Å². The number of ether oxygens (including phenoxy) is 2. The third-order valence-corrected chi connectivity index (χ3v) is 4.84. The van der Waals surface area contributed by atoms with Gasteiger partial charge >= 0.3 is 0 Å². The quantitative estimate of drug-likeness (QED) is 0.304. The molecule has 0 bridgehead atoms. The Balaban J connectivity index is 1.44. The molecule has 6 nitrogen and oxygen atoms in total. The molecule has 2 heterocycles. The van der Waals surface area contributed by atoms with Crippen LogP contribution in [-0.4, -0.2) is 22.3 Å². The smallest absolute Gasteiger partial charge is 0.245 e. The lowest BCUT2D eigenvalue weighted by Crippen LogP contribution is -2.33. The topological polar surface area (TPSA) is 36.1 Å². The molecular formula is C22H40N4O2+2. The fraction of sp³-hybridized carbons (Fsp3) is 0.727. The Morgan fingerprint density at radius 3 is 1.54 bits per heavy atom. The molecule has 0 spiro atoms. The van der Waals surface area contributed by atoms with Crippen LogP contribution in [0.15, 0.2) is 37.4 Å². The summed E-state index contributed by atoms with van der Waals surface area (Å²) in [7, 11) is 0. The molecule has 0 N–H and O–H groups in total. The van der Waals surface area contributed by atoms with E-state index in [9.17, 15) is 0 Å². The van der Waals surface area contributed by atoms with Crippen LogP contribution >= 0.6 is 0 Å². The Hall–Kier alpha value is -1.66. The Bertz CT molecular complexity index is 569. The molecule has 0 aliphatic carbocycles. The van der Waals surface area contributed by atoms with E-state index in [0.29, 0.717) is 13.5 Å². The number of rotatable bonds is 17. The summed E-state index contributed by atoms with van der Waals surface area (Å²) in [4.78, 5) is 0. The molecule has 0 aliphatic rings. The highest BCUT2D eigenvalue weighted by molar-refractivity contribution is 4.66. The van der Waals surface area contributed by atoms with E-state index < -0.39 is 0 Å². The summed E-state index contributed by atoms with van der Waals surface area (Å²) in [5, 5.41) is 0. The van der Waals surface area contributed by atoms with Crippen molar-refractivity contribution in [1.29, 1.82) is 0 Å². The molecule has 0 aromatic carbocycles. The summed E-state index contributed by atoms with van der Waals surface area (Å²) < 4.78 is 20.2. The summed E-state index contributed by atoms with van der Waals surface area (Å²) in [5.74, 6) is 0. The Morgan fingerprint density at radius 2 is 1.11 bits per heavy atom. The molecule has 0 aliphatic heterocycles. The van der Waals surface area contributed by atoms with E-state index in [2.05, 4.69) is 69.6 Å². The van der Waals surface area contributed by atoms with Gasteiger partial charge in [-0.05, 0) is 38.5 Å². The molecule has 0 saturated carbocycles. The Kier molecular flexibility index (Phi) is 11.6. The predicted molar refractivity (Wildman–Crippen MR) is 109 cm³/mol. The average Bonchev–Trinajstić information content (AvgIpc) is 3.34. The van der Waals surface area contributed by atoms with Crippen LogP contribution in [0.4, 0.5) is 0 Å². The van der Waals surface area contributed by atoms with Gasteiger partial charge in [0.05, 0.1) is 26.3 Å². The van der Waals surface area contributed by atoms with Crippen molar-refractivity contribution in [3.8, 4) is 0 Å². The van der Waals surface area contributed by atoms with Crippen LogP contribution in [0.25, 0.3) is 0 Å². The van der Waals surface area contributed by atoms with Crippen LogP contribution in [0, 0.1) is 0 Å². The average molecular weight is 393 g/mol. The van der Waals surface area contributed by atoms with Crippen molar-refractivity contribution < 1.29 is 18.6 Å². The number of aryl methyl sites for hydroxylation is 2. The predicted octanol–water partition coefficient (Wildman–Crippen LogP) is 3.67. The summed E-state index contributed by atoms with van der Waals surface area (Å²) in [6.07, 6.45) is 22.3. The molecule has 6 heteroatoms. The molecule has 0 saturated heterocycles. The fourth-order valence-electron chi connectivity index (χ4n) is 3.13. The Labute approximate surface area is 170 Å². The lowest BCUT2D eigenvalue weighted by Gasteiger charge is -2.03. The highest BCUT2D eigenvalue weighted by atomic mass is 16.5. The van der Waals surface area contributed by atoms with Gasteiger partial charge in [0, 0.05) is 0 Å². The van der Waals surface area contributed by atoms with E-state index in [-0.39, 0.29) is 0 Å². The lowest BCUT2D eigenvalue weighted by molar-refractivity contribution is -0.733. The van der Waals surface area contributed by atoms with Crippen LogP contribution in [0.1, 0.15) is 65.2 Å². The summed E-state index contributed by atoms with van der Waals surface area (Å²) in [5.41, 5.74) is 0. The molecule has 0 amide bonds. The number of nitrogens with zero attached hydrogens (tertiary/aromatic N) is 4. The minimum Gasteiger partial charge on any atom is -0.342 e. The second kappa shape index (κ2) is 14.4. The molecule has 0 unspecified atom stereocenters. The van der Waals surface area contributed by atoms with Crippen molar-refractivity contribution in [2.45, 2.75) is 91.8 Å². The lowest BCUT2D eigenvalue weighted by atomic mass is 10.2. The van der Waals surface area contributed by atoms with Gasteiger partial charge < -0.3 is 9.47 Å². The van der Waals surface area contributed by atoms with Gasteiger partial charge in [0.2, 0.25) is 12.7 Å². The van der Waals surface area contributed by atoms with Crippen molar-refractivity contribution >= 4 is 0 Å². The standard InChI is InChI=1S/C22H40N4O2/c1-3-5-7-11-23-13-15-25(19-23)21-27-17-9-10-18-28-22-26-16-14-24(20-26)12-8-6-4-2/h13-16,19-20H,3-12,17-18,21-22H2,1-2H3/q+2. The highest BCUT2D eigenvalue weighted by Gasteiger charge is 2.04. The fourth-order valence-corrected chi connectivity index (χ4v) is 3.13. The minimum absolute atomic E-state index is 0.628. The number of aromatic nitrogens is 4. The molecule has 28 heavy (non-hydrogen) atoms. The van der Waals surface area contributed by atoms with Crippen LogP contribution in [0.5, 0.6) is 0 Å². The van der Waals surface area contributed by atoms with Crippen molar-refractivity contribution in [3.63, 3.8) is 0 Å². The molecule has 2 aromatic heterocycles. The number of hydrogen-bond acceptors (Lipinski definition) is 2. The van der Waals surface area contributed by atoms with Crippen molar-refractivity contribution in [1.82, 2.24) is 9.13 Å². The zero-order chi connectivity index (χ0) is 19.9. The third kappa shape index (κ3) is 9.51. The van der Waals surface area contributed by atoms with Gasteiger partial charge in [-0.1, -0.05) is 26.7 Å². The molecule has 0 fully saturated rings. The Morgan fingerprint density at radius 1 is 0.643 bits per heavy atom. The molecule has 2 aromatic rings. The zero-order valence-electron chi connectivity index (χ0n) is 18.0. The van der Waals surface area contributed by atoms with Crippen molar-refractivity contribution in [2.75, 3.05) is 13.2 Å². The first-order valence-corrected chi connectivity index (χ1v) is 11.1. The van der Waals surface area contributed by atoms with Gasteiger partial charge in [0.25, 0.3) is 0 Å². The van der Waals surface area contributed by atoms with Crippen molar-refractivity contribution in [3.05, 3.63) is 37.4 Å². The van der Waals surface area contributed by atoms with Crippen molar-refractivity contribution in [2.24, 2.45) is 0 Å². The first-order valence-electron chi connectivity index (χ1n) is 11.1. The minimum atomic E-state index is 0.628. The number of unbranched alkanes of at least 4 members (excludes halogenated alkanes) is 5. The maximum atomic E-state index is 5.76. The zero-order valence-corrected chi connectivity index (χ0v) is 18.0. The van der Waals surface area contributed by atoms with Gasteiger partial charge in [0.1, 0.15) is 24.8 Å². The van der Waals surface area contributed by atoms with E-state index in [1.165, 1.54) is 38.5 Å². The number of imidazole rings is 2. The summed E-state index contributed by atoms with van der Waals surface area (Å²) in [6.45, 7) is 9.47. The van der Waals surface area contributed by atoms with Gasteiger partial charge in [-0.15, -0.1) is 0 Å². The van der Waals surface area contributed by atoms with Crippen LogP contribution in [0.3, 0.4) is 0 Å². The van der Waals surface area contributed by atoms with E-state index in [1.807, 2.05) is 0 Å². The maximum Gasteiger partial charge on any atom is 0.245 e. The first-order chi connectivity index (χ1) is 13.8. The van der Waals surface area contributed by atoms with E-state index in [0.717, 1.165) is 39.1 Å². The van der Waals surface area contributed by atoms with Gasteiger partial charge in [-0.25, -0.2) is 18.3 Å². The van der Waals surface area contributed by atoms with Gasteiger partial charge in [-0.2, -0.15) is 0 Å². The molecule has 0 radical (unpaired) electrons. The SMILES string of the molecule is CCCCCn1cc[n+](COCCCCOC[n+]2ccn(CCCCC)c2)c1. The summed E-state index contributed by atoms with van der Waals surface area (Å²) >= 11 is 0. The molecule has 2 rings (SSSR count). The largest absolute Gasteiger partial charge is 0.342 e. The van der Waals surface area contributed by atoms with E-state index in [1.54, 1.807) is 0 Å². The summed E-state index contributed by atoms with van der Waals surface area (Å²) in [6, 6.07) is 0. The highest BCUT2D eigenvalue weighted by Crippen LogP contribution is 1.99. The normalized spacial score (nSPS) is 11.4. The van der Waals surface area contributed by atoms with Crippen LogP contribution in [0.2, 0.25) is 0 Å². The second-order valence-electron chi connectivity index (χ2n) is 7.53. The molecule has 158 valence electrons. The first kappa shape index (κ1) is 22.6. The van der Waals surface area contributed by atoms with E-state index >= 15 is 0 Å². The molecule has 0 atom stereocenters. The van der Waals surface area contributed by atoms with Gasteiger partial charge in [-0.3, -0.25) is 0 Å². The maximum absolute atomic E-state index is 5.76. The molecular weight excluding hydrogens is 352 g/mol. The van der Waals surface area contributed by atoms with Crippen LogP contribution in [-0.2, 0) is 36.0 Å². The number of hydrogen-bond donors (Lipinski definition) is 0. The monoisotopic (exact) mass is 392 g/mol. The second-order valence-corrected chi connectivity index (χ2v) is 7.53.